The van der Waals surface area contributed by atoms with Gasteiger partial charge in [0.2, 0.25) is 0 Å². The Morgan fingerprint density at radius 1 is 1.11 bits per heavy atom. The minimum absolute atomic E-state index is 0.0748. The zero-order chi connectivity index (χ0) is 20.5. The number of morpholine rings is 1. The molecule has 1 aliphatic rings. The quantitative estimate of drug-likeness (QED) is 0.357. The van der Waals surface area contributed by atoms with Crippen molar-refractivity contribution in [3.05, 3.63) is 29.8 Å². The number of hydrogen-bond acceptors (Lipinski definition) is 4. The number of carbonyl (C=O) groups excluding carboxylic acids is 2. The molecule has 1 heterocycles. The van der Waals surface area contributed by atoms with Crippen LogP contribution in [0.4, 0.5) is 5.69 Å². The van der Waals surface area contributed by atoms with Gasteiger partial charge in [0.05, 0.1) is 46.9 Å². The molecule has 8 heteroatoms. The normalized spacial score (nSPS) is 15.9. The lowest BCUT2D eigenvalue weighted by Gasteiger charge is -2.24. The molecule has 1 aliphatic heterocycles. The van der Waals surface area contributed by atoms with Gasteiger partial charge in [0, 0.05) is 25.3 Å². The van der Waals surface area contributed by atoms with Crippen molar-refractivity contribution < 1.29 is 24.1 Å². The predicted octanol–water partition coefficient (Wildman–Crippen LogP) is -2.91. The van der Waals surface area contributed by atoms with E-state index < -0.39 is 11.8 Å². The van der Waals surface area contributed by atoms with Gasteiger partial charge < -0.3 is 30.1 Å². The largest absolute Gasteiger partial charge is 0.378 e. The first-order valence-corrected chi connectivity index (χ1v) is 9.93. The number of nitrogens with one attached hydrogen (secondary N) is 4. The lowest BCUT2D eigenvalue weighted by atomic mass is 10.1. The second-order valence-corrected chi connectivity index (χ2v) is 7.69. The fourth-order valence-electron chi connectivity index (χ4n) is 3.28. The summed E-state index contributed by atoms with van der Waals surface area (Å²) in [6.07, 6.45) is 0. The van der Waals surface area contributed by atoms with Crippen LogP contribution in [0.5, 0.6) is 0 Å². The van der Waals surface area contributed by atoms with Gasteiger partial charge in [-0.2, -0.15) is 0 Å². The number of anilines is 1. The third-order valence-corrected chi connectivity index (χ3v) is 5.15. The molecule has 1 atom stereocenters. The highest BCUT2D eigenvalue weighted by atomic mass is 16.5. The number of carbonyl (C=O) groups is 2. The number of nitrogens with zero attached hydrogens (tertiary/aromatic N) is 1. The van der Waals surface area contributed by atoms with E-state index in [1.165, 1.54) is 9.80 Å². The van der Waals surface area contributed by atoms with Gasteiger partial charge in [-0.1, -0.05) is 12.1 Å². The van der Waals surface area contributed by atoms with E-state index >= 15 is 0 Å². The lowest BCUT2D eigenvalue weighted by Crippen LogP contribution is -3.14. The van der Waals surface area contributed by atoms with Crippen molar-refractivity contribution in [1.29, 1.82) is 0 Å². The molecule has 2 amide bonds. The van der Waals surface area contributed by atoms with Crippen molar-refractivity contribution >= 4 is 17.5 Å². The summed E-state index contributed by atoms with van der Waals surface area (Å²) < 4.78 is 5.32. The molecule has 2 rings (SSSR count). The Morgan fingerprint density at radius 2 is 1.71 bits per heavy atom. The van der Waals surface area contributed by atoms with E-state index in [0.29, 0.717) is 13.1 Å². The number of hydrogen-bond donors (Lipinski definition) is 4. The first kappa shape index (κ1) is 22.1. The molecule has 0 aliphatic carbocycles. The zero-order valence-corrected chi connectivity index (χ0v) is 17.5. The van der Waals surface area contributed by atoms with Gasteiger partial charge in [0.15, 0.2) is 0 Å². The van der Waals surface area contributed by atoms with Crippen LogP contribution in [0.25, 0.3) is 0 Å². The van der Waals surface area contributed by atoms with E-state index in [4.69, 9.17) is 4.74 Å². The van der Waals surface area contributed by atoms with E-state index in [0.717, 1.165) is 44.1 Å². The summed E-state index contributed by atoms with van der Waals surface area (Å²) in [7, 11) is 8.09. The molecule has 1 fully saturated rings. The summed E-state index contributed by atoms with van der Waals surface area (Å²) in [5.41, 5.74) is 2.25. The number of quaternary nitrogens is 2. The maximum absolute atomic E-state index is 12.2. The molecule has 0 saturated carbocycles. The second-order valence-electron chi connectivity index (χ2n) is 7.69. The summed E-state index contributed by atoms with van der Waals surface area (Å²) >= 11 is 0. The van der Waals surface area contributed by atoms with E-state index in [1.807, 2.05) is 33.1 Å². The smallest absolute Gasteiger partial charge is 0.309 e. The van der Waals surface area contributed by atoms with Crippen molar-refractivity contribution in [2.75, 3.05) is 79.0 Å². The molecule has 0 spiro atoms. The van der Waals surface area contributed by atoms with Gasteiger partial charge in [-0.25, -0.2) is 0 Å². The molecule has 28 heavy (non-hydrogen) atoms. The molecule has 0 bridgehead atoms. The van der Waals surface area contributed by atoms with Crippen LogP contribution >= 0.6 is 0 Å². The van der Waals surface area contributed by atoms with Crippen molar-refractivity contribution in [3.8, 4) is 0 Å². The van der Waals surface area contributed by atoms with Gasteiger partial charge in [-0.3, -0.25) is 9.59 Å². The Bertz CT molecular complexity index is 627. The van der Waals surface area contributed by atoms with E-state index in [-0.39, 0.29) is 6.04 Å². The van der Waals surface area contributed by atoms with E-state index in [9.17, 15) is 9.59 Å². The maximum atomic E-state index is 12.2. The minimum atomic E-state index is -0.576. The second kappa shape index (κ2) is 11.0. The molecule has 4 N–H and O–H groups in total. The Kier molecular flexibility index (Phi) is 8.69. The molecule has 8 nitrogen and oxygen atoms in total. The average Bonchev–Trinajstić information content (AvgIpc) is 2.68. The van der Waals surface area contributed by atoms with Gasteiger partial charge in [0.25, 0.3) is 0 Å². The first-order valence-electron chi connectivity index (χ1n) is 9.93. The van der Waals surface area contributed by atoms with Gasteiger partial charge in [-0.05, 0) is 12.1 Å². The summed E-state index contributed by atoms with van der Waals surface area (Å²) in [5.74, 6) is -1.14. The maximum Gasteiger partial charge on any atom is 0.309 e. The highest BCUT2D eigenvalue weighted by Gasteiger charge is 2.22. The third-order valence-electron chi connectivity index (χ3n) is 5.15. The van der Waals surface area contributed by atoms with Crippen LogP contribution < -0.4 is 25.3 Å². The van der Waals surface area contributed by atoms with Crippen molar-refractivity contribution in [2.45, 2.75) is 6.04 Å². The van der Waals surface area contributed by atoms with Crippen LogP contribution in [0.1, 0.15) is 11.6 Å². The van der Waals surface area contributed by atoms with E-state index in [2.05, 4.69) is 34.9 Å². The van der Waals surface area contributed by atoms with Gasteiger partial charge in [0.1, 0.15) is 19.1 Å². The Balaban J connectivity index is 1.79. The predicted molar refractivity (Wildman–Crippen MR) is 109 cm³/mol. The standard InChI is InChI=1S/C20H33N5O3/c1-23(2)17-7-5-16(6-8-17)18(24(3)4)15-22-20(27)19(26)21-9-10-25-11-13-28-14-12-25/h5-8,18H,9-15H2,1-4H3,(H,21,26)(H,22,27)/p+2/t18-/m0/s1. The molecule has 1 aromatic rings. The molecule has 156 valence electrons. The average molecular weight is 394 g/mol. The zero-order valence-electron chi connectivity index (χ0n) is 17.5. The SMILES string of the molecule is CN(C)c1ccc([C@H](CNC(=O)C(=O)NCC[NH+]2CCOCC2)[NH+](C)C)cc1. The summed E-state index contributed by atoms with van der Waals surface area (Å²) in [6, 6.07) is 8.35. The molecule has 0 aromatic heterocycles. The Hall–Kier alpha value is -2.16. The lowest BCUT2D eigenvalue weighted by molar-refractivity contribution is -0.906. The van der Waals surface area contributed by atoms with Crippen molar-refractivity contribution in [1.82, 2.24) is 10.6 Å². The summed E-state index contributed by atoms with van der Waals surface area (Å²) in [6.45, 7) is 5.12. The van der Waals surface area contributed by atoms with Gasteiger partial charge in [-0.15, -0.1) is 0 Å². The monoisotopic (exact) mass is 393 g/mol. The van der Waals surface area contributed by atoms with E-state index in [1.54, 1.807) is 0 Å². The van der Waals surface area contributed by atoms with Crippen molar-refractivity contribution in [3.63, 3.8) is 0 Å². The highest BCUT2D eigenvalue weighted by molar-refractivity contribution is 6.35. The third kappa shape index (κ3) is 6.78. The number of ether oxygens (including phenoxy) is 1. The number of benzene rings is 1. The minimum Gasteiger partial charge on any atom is -0.378 e. The van der Waals surface area contributed by atoms with Crippen LogP contribution in [-0.4, -0.2) is 85.9 Å². The molecular formula is C20H35N5O3+2. The Morgan fingerprint density at radius 3 is 2.29 bits per heavy atom. The van der Waals surface area contributed by atoms with Crippen LogP contribution in [0.3, 0.4) is 0 Å². The van der Waals surface area contributed by atoms with Crippen LogP contribution in [0.15, 0.2) is 24.3 Å². The molecule has 0 unspecified atom stereocenters. The first-order chi connectivity index (χ1) is 13.4. The molecule has 1 saturated heterocycles. The number of rotatable bonds is 8. The topological polar surface area (TPSA) is 79.6 Å². The number of amides is 2. The summed E-state index contributed by atoms with van der Waals surface area (Å²) in [5, 5.41) is 5.50. The molecular weight excluding hydrogens is 358 g/mol. The highest BCUT2D eigenvalue weighted by Crippen LogP contribution is 2.15. The molecule has 0 radical (unpaired) electrons. The molecule has 1 aromatic carbocycles. The van der Waals surface area contributed by atoms with Crippen LogP contribution in [0, 0.1) is 0 Å². The fourth-order valence-corrected chi connectivity index (χ4v) is 3.28. The van der Waals surface area contributed by atoms with Crippen molar-refractivity contribution in [2.24, 2.45) is 0 Å². The Labute approximate surface area is 167 Å². The fraction of sp³-hybridized carbons (Fsp3) is 0.600. The number of likely N-dealkylation sites (N-methyl/N-ethyl adjacent to an activating group) is 1. The van der Waals surface area contributed by atoms with Crippen LogP contribution in [-0.2, 0) is 14.3 Å². The van der Waals surface area contributed by atoms with Gasteiger partial charge >= 0.3 is 11.8 Å². The van der Waals surface area contributed by atoms with Crippen LogP contribution in [0.2, 0.25) is 0 Å². The summed E-state index contributed by atoms with van der Waals surface area (Å²) in [4.78, 5) is 28.8.